The summed E-state index contributed by atoms with van der Waals surface area (Å²) >= 11 is 1.14. The molecule has 0 aliphatic heterocycles. The molecule has 1 N–H and O–H groups in total. The molecular formula is C13H11NO3S. The summed E-state index contributed by atoms with van der Waals surface area (Å²) < 4.78 is 1.60. The van der Waals surface area contributed by atoms with Gasteiger partial charge in [-0.2, -0.15) is 0 Å². The van der Waals surface area contributed by atoms with Crippen LogP contribution in [0.2, 0.25) is 0 Å². The molecule has 1 aromatic heterocycles. The monoisotopic (exact) mass is 261 g/mol. The second-order valence-electron chi connectivity index (χ2n) is 3.67. The molecule has 0 radical (unpaired) electrons. The van der Waals surface area contributed by atoms with Gasteiger partial charge in [-0.15, -0.1) is 0 Å². The summed E-state index contributed by atoms with van der Waals surface area (Å²) in [7, 11) is 0. The van der Waals surface area contributed by atoms with Gasteiger partial charge in [0.2, 0.25) is 0 Å². The number of carbonyl (C=O) groups is 1. The highest BCUT2D eigenvalue weighted by molar-refractivity contribution is 7.07. The van der Waals surface area contributed by atoms with E-state index in [4.69, 9.17) is 5.11 Å². The largest absolute Gasteiger partial charge is 0.478 e. The number of hydrogen-bond acceptors (Lipinski definition) is 3. The highest BCUT2D eigenvalue weighted by Crippen LogP contribution is 2.12. The Labute approximate surface area is 107 Å². The van der Waals surface area contributed by atoms with Gasteiger partial charge in [0.1, 0.15) is 0 Å². The number of rotatable bonds is 4. The SMILES string of the molecule is O=C(O)C=Cc1ccccc1Cn1ccsc1=O. The molecule has 92 valence electrons. The Kier molecular flexibility index (Phi) is 3.74. The van der Waals surface area contributed by atoms with Crippen molar-refractivity contribution in [1.29, 1.82) is 0 Å². The van der Waals surface area contributed by atoms with Crippen molar-refractivity contribution in [1.82, 2.24) is 4.57 Å². The molecule has 0 saturated heterocycles. The van der Waals surface area contributed by atoms with Crippen molar-refractivity contribution in [3.05, 3.63) is 62.7 Å². The lowest BCUT2D eigenvalue weighted by Crippen LogP contribution is -2.13. The lowest BCUT2D eigenvalue weighted by atomic mass is 10.1. The van der Waals surface area contributed by atoms with Gasteiger partial charge >= 0.3 is 10.8 Å². The second kappa shape index (κ2) is 5.46. The van der Waals surface area contributed by atoms with Crippen LogP contribution in [0, 0.1) is 0 Å². The molecule has 0 unspecified atom stereocenters. The standard InChI is InChI=1S/C13H11NO3S/c15-12(16)6-5-10-3-1-2-4-11(10)9-14-7-8-18-13(14)17/h1-8H,9H2,(H,15,16). The first-order valence-electron chi connectivity index (χ1n) is 5.29. The fraction of sp³-hybridized carbons (Fsp3) is 0.0769. The number of aromatic nitrogens is 1. The van der Waals surface area contributed by atoms with E-state index in [9.17, 15) is 9.59 Å². The number of thiazole rings is 1. The zero-order valence-corrected chi connectivity index (χ0v) is 10.3. The van der Waals surface area contributed by atoms with Gasteiger partial charge in [-0.05, 0) is 17.2 Å². The molecule has 0 spiro atoms. The summed E-state index contributed by atoms with van der Waals surface area (Å²) in [6.07, 6.45) is 4.36. The van der Waals surface area contributed by atoms with Gasteiger partial charge in [-0.25, -0.2) is 4.79 Å². The maximum Gasteiger partial charge on any atom is 0.328 e. The van der Waals surface area contributed by atoms with Crippen LogP contribution in [-0.4, -0.2) is 15.6 Å². The summed E-state index contributed by atoms with van der Waals surface area (Å²) in [4.78, 5) is 22.0. The van der Waals surface area contributed by atoms with Crippen LogP contribution < -0.4 is 4.87 Å². The van der Waals surface area contributed by atoms with Gasteiger partial charge in [0.05, 0.1) is 6.54 Å². The quantitative estimate of drug-likeness (QED) is 0.857. The molecule has 0 fully saturated rings. The van der Waals surface area contributed by atoms with E-state index in [1.165, 1.54) is 6.08 Å². The first-order chi connectivity index (χ1) is 8.66. The number of carboxylic acid groups (broad SMARTS) is 1. The van der Waals surface area contributed by atoms with Gasteiger partial charge in [0.15, 0.2) is 0 Å². The summed E-state index contributed by atoms with van der Waals surface area (Å²) in [5, 5.41) is 10.4. The van der Waals surface area contributed by atoms with E-state index in [1.54, 1.807) is 16.1 Å². The highest BCUT2D eigenvalue weighted by Gasteiger charge is 2.02. The Bertz CT molecular complexity index is 639. The highest BCUT2D eigenvalue weighted by atomic mass is 32.1. The van der Waals surface area contributed by atoms with Crippen molar-refractivity contribution in [3.8, 4) is 0 Å². The van der Waals surface area contributed by atoms with Crippen molar-refractivity contribution >= 4 is 23.4 Å². The van der Waals surface area contributed by atoms with Crippen LogP contribution in [0.1, 0.15) is 11.1 Å². The molecule has 1 heterocycles. The minimum absolute atomic E-state index is 0.0213. The zero-order chi connectivity index (χ0) is 13.0. The fourth-order valence-corrected chi connectivity index (χ4v) is 2.18. The smallest absolute Gasteiger partial charge is 0.328 e. The number of hydrogen-bond donors (Lipinski definition) is 1. The van der Waals surface area contributed by atoms with Gasteiger partial charge in [-0.1, -0.05) is 35.6 Å². The molecule has 2 aromatic rings. The van der Waals surface area contributed by atoms with E-state index >= 15 is 0 Å². The van der Waals surface area contributed by atoms with Crippen LogP contribution in [-0.2, 0) is 11.3 Å². The third-order valence-corrected chi connectivity index (χ3v) is 3.14. The molecule has 0 saturated carbocycles. The summed E-state index contributed by atoms with van der Waals surface area (Å²) in [6.45, 7) is 0.447. The third kappa shape index (κ3) is 2.95. The number of benzene rings is 1. The first-order valence-corrected chi connectivity index (χ1v) is 6.17. The molecule has 0 aliphatic rings. The molecule has 18 heavy (non-hydrogen) atoms. The van der Waals surface area contributed by atoms with Crippen molar-refractivity contribution < 1.29 is 9.90 Å². The molecule has 4 nitrogen and oxygen atoms in total. The molecule has 0 atom stereocenters. The Morgan fingerprint density at radius 2 is 2.17 bits per heavy atom. The zero-order valence-electron chi connectivity index (χ0n) is 9.45. The van der Waals surface area contributed by atoms with Crippen molar-refractivity contribution in [3.63, 3.8) is 0 Å². The van der Waals surface area contributed by atoms with Crippen LogP contribution in [0.3, 0.4) is 0 Å². The number of carboxylic acids is 1. The lowest BCUT2D eigenvalue weighted by Gasteiger charge is -2.05. The van der Waals surface area contributed by atoms with Gasteiger partial charge in [0, 0.05) is 17.7 Å². The topological polar surface area (TPSA) is 59.3 Å². The average Bonchev–Trinajstić information content (AvgIpc) is 2.74. The predicted molar refractivity (Wildman–Crippen MR) is 70.8 cm³/mol. The Morgan fingerprint density at radius 1 is 1.39 bits per heavy atom. The summed E-state index contributed by atoms with van der Waals surface area (Å²) in [5.41, 5.74) is 1.72. The van der Waals surface area contributed by atoms with E-state index in [0.717, 1.165) is 28.5 Å². The Hall–Kier alpha value is -2.14. The van der Waals surface area contributed by atoms with E-state index < -0.39 is 5.97 Å². The van der Waals surface area contributed by atoms with Crippen LogP contribution >= 0.6 is 11.3 Å². The maximum absolute atomic E-state index is 11.5. The molecular weight excluding hydrogens is 250 g/mol. The van der Waals surface area contributed by atoms with Gasteiger partial charge in [0.25, 0.3) is 0 Å². The van der Waals surface area contributed by atoms with E-state index in [2.05, 4.69) is 0 Å². The van der Waals surface area contributed by atoms with Crippen LogP contribution in [0.4, 0.5) is 0 Å². The van der Waals surface area contributed by atoms with Crippen LogP contribution in [0.15, 0.2) is 46.7 Å². The van der Waals surface area contributed by atoms with Gasteiger partial charge in [-0.3, -0.25) is 4.79 Å². The van der Waals surface area contributed by atoms with Crippen molar-refractivity contribution in [2.75, 3.05) is 0 Å². The van der Waals surface area contributed by atoms with Crippen molar-refractivity contribution in [2.24, 2.45) is 0 Å². The molecule has 0 amide bonds. The van der Waals surface area contributed by atoms with E-state index in [0.29, 0.717) is 6.54 Å². The molecule has 0 aliphatic carbocycles. The molecule has 5 heteroatoms. The Morgan fingerprint density at radius 3 is 2.83 bits per heavy atom. The Balaban J connectivity index is 2.31. The molecule has 1 aromatic carbocycles. The van der Waals surface area contributed by atoms with Crippen LogP contribution in [0.25, 0.3) is 6.08 Å². The van der Waals surface area contributed by atoms with Gasteiger partial charge < -0.3 is 9.67 Å². The molecule has 2 rings (SSSR count). The minimum atomic E-state index is -0.988. The summed E-state index contributed by atoms with van der Waals surface area (Å²) in [5.74, 6) is -0.988. The first kappa shape index (κ1) is 12.3. The average molecular weight is 261 g/mol. The number of nitrogens with zero attached hydrogens (tertiary/aromatic N) is 1. The minimum Gasteiger partial charge on any atom is -0.478 e. The fourth-order valence-electron chi connectivity index (χ4n) is 1.59. The summed E-state index contributed by atoms with van der Waals surface area (Å²) in [6, 6.07) is 7.41. The lowest BCUT2D eigenvalue weighted by molar-refractivity contribution is -0.131. The van der Waals surface area contributed by atoms with E-state index in [-0.39, 0.29) is 4.87 Å². The second-order valence-corrected chi connectivity index (χ2v) is 4.52. The van der Waals surface area contributed by atoms with Crippen molar-refractivity contribution in [2.45, 2.75) is 6.54 Å². The maximum atomic E-state index is 11.5. The third-order valence-electron chi connectivity index (χ3n) is 2.45. The normalized spacial score (nSPS) is 10.9. The predicted octanol–water partition coefficient (Wildman–Crippen LogP) is 2.06. The van der Waals surface area contributed by atoms with E-state index in [1.807, 2.05) is 24.3 Å². The van der Waals surface area contributed by atoms with Crippen LogP contribution in [0.5, 0.6) is 0 Å². The number of aliphatic carboxylic acids is 1. The molecule has 0 bridgehead atoms.